The molecule has 17 heavy (non-hydrogen) atoms. The van der Waals surface area contributed by atoms with Crippen LogP contribution in [0.4, 0.5) is 0 Å². The van der Waals surface area contributed by atoms with Crippen LogP contribution in [-0.4, -0.2) is 27.4 Å². The van der Waals surface area contributed by atoms with E-state index in [1.165, 1.54) is 5.01 Å². The molecule has 0 radical (unpaired) electrons. The van der Waals surface area contributed by atoms with Gasteiger partial charge in [0.2, 0.25) is 6.41 Å². The van der Waals surface area contributed by atoms with E-state index >= 15 is 0 Å². The highest BCUT2D eigenvalue weighted by molar-refractivity contribution is 6.19. The molecule has 0 atom stereocenters. The Hall–Kier alpha value is -1.55. The number of halogens is 1. The van der Waals surface area contributed by atoms with E-state index in [0.29, 0.717) is 12.0 Å². The number of rotatable bonds is 3. The molecule has 0 saturated heterocycles. The average Bonchev–Trinajstić information content (AvgIpc) is 2.28. The van der Waals surface area contributed by atoms with Crippen LogP contribution in [0.15, 0.2) is 30.3 Å². The standard InChI is InChI=1S/C12H15ClN2O2/c1-12(2,3)15(14(13)9-16)11(17)10-7-5-4-6-8-10/h4-9H,1-3H3. The van der Waals surface area contributed by atoms with Crippen LogP contribution >= 0.6 is 11.8 Å². The van der Waals surface area contributed by atoms with Gasteiger partial charge in [0.05, 0.1) is 5.54 Å². The molecule has 0 heterocycles. The van der Waals surface area contributed by atoms with Gasteiger partial charge in [0.1, 0.15) is 0 Å². The second-order valence-corrected chi connectivity index (χ2v) is 4.89. The Morgan fingerprint density at radius 3 is 2.18 bits per heavy atom. The molecule has 0 bridgehead atoms. The van der Waals surface area contributed by atoms with Gasteiger partial charge in [-0.1, -0.05) is 18.2 Å². The van der Waals surface area contributed by atoms with Crippen LogP contribution in [-0.2, 0) is 4.79 Å². The highest BCUT2D eigenvalue weighted by atomic mass is 35.5. The minimum absolute atomic E-state index is 0.319. The Morgan fingerprint density at radius 2 is 1.76 bits per heavy atom. The fourth-order valence-electron chi connectivity index (χ4n) is 1.43. The Bertz CT molecular complexity index is 401. The van der Waals surface area contributed by atoms with Gasteiger partial charge < -0.3 is 0 Å². The van der Waals surface area contributed by atoms with Gasteiger partial charge >= 0.3 is 0 Å². The number of benzene rings is 1. The van der Waals surface area contributed by atoms with Gasteiger partial charge in [-0.25, -0.2) is 5.01 Å². The fourth-order valence-corrected chi connectivity index (χ4v) is 1.72. The normalized spacial score (nSPS) is 10.8. The van der Waals surface area contributed by atoms with Crippen molar-refractivity contribution in [3.05, 3.63) is 35.9 Å². The molecule has 1 aromatic rings. The lowest BCUT2D eigenvalue weighted by Crippen LogP contribution is -2.52. The molecule has 0 fully saturated rings. The van der Waals surface area contributed by atoms with Crippen LogP contribution in [0.5, 0.6) is 0 Å². The molecule has 0 aliphatic carbocycles. The maximum atomic E-state index is 12.2. The molecule has 0 aliphatic rings. The third kappa shape index (κ3) is 3.20. The molecule has 5 heteroatoms. The number of hydrogen-bond donors (Lipinski definition) is 0. The molecular weight excluding hydrogens is 240 g/mol. The minimum Gasteiger partial charge on any atom is -0.275 e. The summed E-state index contributed by atoms with van der Waals surface area (Å²) in [6.45, 7) is 5.40. The number of carbonyl (C=O) groups excluding carboxylic acids is 2. The van der Waals surface area contributed by atoms with E-state index in [-0.39, 0.29) is 5.91 Å². The van der Waals surface area contributed by atoms with Crippen LogP contribution in [0.2, 0.25) is 0 Å². The van der Waals surface area contributed by atoms with E-state index in [4.69, 9.17) is 11.8 Å². The third-order valence-electron chi connectivity index (χ3n) is 2.13. The lowest BCUT2D eigenvalue weighted by Gasteiger charge is -2.37. The summed E-state index contributed by atoms with van der Waals surface area (Å²) in [5, 5.41) is 1.21. The predicted octanol–water partition coefficient (Wildman–Crippen LogP) is 2.45. The molecule has 2 amide bonds. The summed E-state index contributed by atoms with van der Waals surface area (Å²) in [6, 6.07) is 8.69. The van der Waals surface area contributed by atoms with Crippen molar-refractivity contribution in [3.8, 4) is 0 Å². The third-order valence-corrected chi connectivity index (χ3v) is 2.36. The molecule has 0 unspecified atom stereocenters. The summed E-state index contributed by atoms with van der Waals surface area (Å²) in [5.41, 5.74) is -0.106. The molecule has 0 aromatic heterocycles. The number of nitrogens with zero attached hydrogens (tertiary/aromatic N) is 2. The predicted molar refractivity (Wildman–Crippen MR) is 66.1 cm³/mol. The van der Waals surface area contributed by atoms with Gasteiger partial charge in [0, 0.05) is 17.3 Å². The Labute approximate surface area is 106 Å². The first-order valence-corrected chi connectivity index (χ1v) is 5.51. The highest BCUT2D eigenvalue weighted by Crippen LogP contribution is 2.20. The SMILES string of the molecule is CC(C)(C)N(C(=O)c1ccccc1)N(Cl)C=O. The first-order valence-electron chi connectivity index (χ1n) is 5.17. The van der Waals surface area contributed by atoms with Crippen molar-refractivity contribution in [2.75, 3.05) is 0 Å². The van der Waals surface area contributed by atoms with Crippen molar-refractivity contribution in [1.29, 1.82) is 0 Å². The van der Waals surface area contributed by atoms with Gasteiger partial charge in [0.25, 0.3) is 5.91 Å². The van der Waals surface area contributed by atoms with Crippen molar-refractivity contribution < 1.29 is 9.59 Å². The molecule has 0 aliphatic heterocycles. The van der Waals surface area contributed by atoms with E-state index < -0.39 is 5.54 Å². The van der Waals surface area contributed by atoms with E-state index in [1.807, 2.05) is 6.07 Å². The van der Waals surface area contributed by atoms with E-state index in [1.54, 1.807) is 45.0 Å². The summed E-state index contributed by atoms with van der Waals surface area (Å²) in [7, 11) is 0. The molecule has 1 aromatic carbocycles. The number of carbonyl (C=O) groups is 2. The Kier molecular flexibility index (Phi) is 4.12. The maximum Gasteiger partial charge on any atom is 0.274 e. The van der Waals surface area contributed by atoms with Crippen molar-refractivity contribution >= 4 is 24.1 Å². The summed E-state index contributed by atoms with van der Waals surface area (Å²) in [6.07, 6.45) is 0.396. The van der Waals surface area contributed by atoms with Crippen molar-refractivity contribution in [1.82, 2.24) is 9.54 Å². The van der Waals surface area contributed by atoms with E-state index in [2.05, 4.69) is 0 Å². The summed E-state index contributed by atoms with van der Waals surface area (Å²) >= 11 is 5.73. The molecule has 0 spiro atoms. The van der Waals surface area contributed by atoms with Crippen LogP contribution in [0.25, 0.3) is 0 Å². The van der Waals surface area contributed by atoms with Crippen LogP contribution in [0, 0.1) is 0 Å². The maximum absolute atomic E-state index is 12.2. The molecular formula is C12H15ClN2O2. The lowest BCUT2D eigenvalue weighted by molar-refractivity contribution is -0.125. The molecule has 1 rings (SSSR count). The lowest BCUT2D eigenvalue weighted by atomic mass is 10.1. The monoisotopic (exact) mass is 254 g/mol. The average molecular weight is 255 g/mol. The quantitative estimate of drug-likeness (QED) is 0.472. The topological polar surface area (TPSA) is 40.6 Å². The zero-order chi connectivity index (χ0) is 13.1. The number of hydrogen-bond acceptors (Lipinski definition) is 2. The van der Waals surface area contributed by atoms with E-state index in [0.717, 1.165) is 4.53 Å². The van der Waals surface area contributed by atoms with Crippen molar-refractivity contribution in [2.24, 2.45) is 0 Å². The van der Waals surface area contributed by atoms with Gasteiger partial charge in [-0.2, -0.15) is 4.53 Å². The van der Waals surface area contributed by atoms with Gasteiger partial charge in [-0.15, -0.1) is 0 Å². The molecule has 0 N–H and O–H groups in total. The summed E-state index contributed by atoms with van der Waals surface area (Å²) < 4.78 is 0.745. The molecule has 0 saturated carbocycles. The first kappa shape index (κ1) is 13.5. The number of hydrazine groups is 1. The fraction of sp³-hybridized carbons (Fsp3) is 0.333. The second kappa shape index (κ2) is 5.19. The number of amides is 2. The van der Waals surface area contributed by atoms with Crippen LogP contribution in [0.1, 0.15) is 31.1 Å². The largest absolute Gasteiger partial charge is 0.275 e. The zero-order valence-corrected chi connectivity index (χ0v) is 10.8. The minimum atomic E-state index is -0.588. The van der Waals surface area contributed by atoms with Crippen molar-refractivity contribution in [3.63, 3.8) is 0 Å². The summed E-state index contributed by atoms with van der Waals surface area (Å²) in [4.78, 5) is 23.0. The van der Waals surface area contributed by atoms with Gasteiger partial charge in [0.15, 0.2) is 0 Å². The highest BCUT2D eigenvalue weighted by Gasteiger charge is 2.31. The van der Waals surface area contributed by atoms with E-state index in [9.17, 15) is 9.59 Å². The Morgan fingerprint density at radius 1 is 1.24 bits per heavy atom. The Balaban J connectivity index is 3.08. The van der Waals surface area contributed by atoms with Crippen molar-refractivity contribution in [2.45, 2.75) is 26.3 Å². The second-order valence-electron chi connectivity index (χ2n) is 4.55. The smallest absolute Gasteiger partial charge is 0.274 e. The summed E-state index contributed by atoms with van der Waals surface area (Å²) in [5.74, 6) is -0.319. The zero-order valence-electron chi connectivity index (χ0n) is 10.1. The molecule has 92 valence electrons. The van der Waals surface area contributed by atoms with Gasteiger partial charge in [-0.3, -0.25) is 9.59 Å². The van der Waals surface area contributed by atoms with Gasteiger partial charge in [-0.05, 0) is 32.9 Å². The first-order chi connectivity index (χ1) is 7.88. The van der Waals surface area contributed by atoms with Crippen LogP contribution < -0.4 is 0 Å². The van der Waals surface area contributed by atoms with Crippen LogP contribution in [0.3, 0.4) is 0 Å². The molecule has 4 nitrogen and oxygen atoms in total.